The van der Waals surface area contributed by atoms with Crippen LogP contribution in [0.3, 0.4) is 0 Å². The Labute approximate surface area is 368 Å². The maximum atomic E-state index is 13.4. The molecule has 0 N–H and O–H groups in total. The molecule has 0 amide bonds. The fraction of sp³-hybridized carbons (Fsp3) is 0.273. The first-order valence-corrected chi connectivity index (χ1v) is 24.3. The zero-order valence-electron chi connectivity index (χ0n) is 33.9. The summed E-state index contributed by atoms with van der Waals surface area (Å²) in [6.45, 7) is 7.60. The van der Waals surface area contributed by atoms with Crippen LogP contribution in [0.1, 0.15) is 44.8 Å². The monoisotopic (exact) mass is 912 g/mol. The summed E-state index contributed by atoms with van der Waals surface area (Å²) >= 11 is 3.03. The number of benzene rings is 4. The second kappa shape index (κ2) is 19.2. The minimum Gasteiger partial charge on any atom is -0.345 e. The van der Waals surface area contributed by atoms with Crippen LogP contribution in [0.25, 0.3) is 0 Å². The van der Waals surface area contributed by atoms with E-state index in [-0.39, 0.29) is 34.0 Å². The van der Waals surface area contributed by atoms with Gasteiger partial charge in [0.05, 0.1) is 32.3 Å². The molecule has 2 fully saturated rings. The molecule has 0 saturated carbocycles. The second-order valence-electron chi connectivity index (χ2n) is 14.8. The van der Waals surface area contributed by atoms with Crippen LogP contribution in [0, 0.1) is 48.1 Å². The lowest BCUT2D eigenvalue weighted by Crippen LogP contribution is -2.48. The van der Waals surface area contributed by atoms with Crippen molar-refractivity contribution in [1.82, 2.24) is 18.6 Å². The molecule has 0 aliphatic carbocycles. The molecule has 8 rings (SSSR count). The zero-order chi connectivity index (χ0) is 44.0. The Bertz CT molecular complexity index is 2680. The summed E-state index contributed by atoms with van der Waals surface area (Å²) in [6.07, 6.45) is 1.17. The van der Waals surface area contributed by atoms with E-state index in [1.807, 2.05) is 22.4 Å². The van der Waals surface area contributed by atoms with Gasteiger partial charge in [-0.25, -0.2) is 35.6 Å². The highest BCUT2D eigenvalue weighted by atomic mass is 32.2. The molecule has 320 valence electrons. The second-order valence-corrected chi connectivity index (χ2v) is 20.2. The number of nitrogens with zero attached hydrogens (tertiary/aromatic N) is 8. The molecule has 0 radical (unpaired) electrons. The number of hydrogen-bond acceptors (Lipinski definition) is 12. The van der Waals surface area contributed by atoms with E-state index in [9.17, 15) is 36.1 Å². The zero-order valence-corrected chi connectivity index (χ0v) is 37.2. The van der Waals surface area contributed by atoms with Gasteiger partial charge < -0.3 is 9.80 Å². The number of halogens is 2. The van der Waals surface area contributed by atoms with Gasteiger partial charge in [-0.3, -0.25) is 0 Å². The van der Waals surface area contributed by atoms with Gasteiger partial charge in [-0.2, -0.15) is 19.1 Å². The van der Waals surface area contributed by atoms with Crippen molar-refractivity contribution >= 4 is 53.0 Å². The van der Waals surface area contributed by atoms with Crippen LogP contribution in [-0.2, 0) is 32.9 Å². The van der Waals surface area contributed by atoms with E-state index in [0.717, 1.165) is 40.2 Å². The highest BCUT2D eigenvalue weighted by molar-refractivity contribution is 7.89. The highest BCUT2D eigenvalue weighted by Gasteiger charge is 2.32. The van der Waals surface area contributed by atoms with Crippen LogP contribution in [0.5, 0.6) is 0 Å². The molecule has 12 nitrogen and oxygen atoms in total. The molecular formula is C44H42F2N8O4S4. The summed E-state index contributed by atoms with van der Waals surface area (Å²) < 4.78 is 81.3. The molecule has 2 aliphatic heterocycles. The van der Waals surface area contributed by atoms with Crippen molar-refractivity contribution in [3.63, 3.8) is 0 Å². The summed E-state index contributed by atoms with van der Waals surface area (Å²) in [5, 5.41) is 24.1. The Morgan fingerprint density at radius 3 is 1.45 bits per heavy atom. The van der Waals surface area contributed by atoms with Crippen molar-refractivity contribution in [3.8, 4) is 12.1 Å². The van der Waals surface area contributed by atoms with Crippen molar-refractivity contribution in [2.75, 3.05) is 62.2 Å². The minimum absolute atomic E-state index is 0.0222. The first-order chi connectivity index (χ1) is 29.8. The van der Waals surface area contributed by atoms with Crippen molar-refractivity contribution in [2.24, 2.45) is 0 Å². The lowest BCUT2D eigenvalue weighted by molar-refractivity contribution is 0.384. The molecule has 0 bridgehead atoms. The molecule has 4 aromatic carbocycles. The molecule has 0 unspecified atom stereocenters. The fourth-order valence-corrected chi connectivity index (χ4v) is 12.0. The van der Waals surface area contributed by atoms with Gasteiger partial charge in [-0.1, -0.05) is 48.5 Å². The summed E-state index contributed by atoms with van der Waals surface area (Å²) in [4.78, 5) is 13.6. The lowest BCUT2D eigenvalue weighted by Gasteiger charge is -2.33. The van der Waals surface area contributed by atoms with Crippen molar-refractivity contribution in [1.29, 1.82) is 10.5 Å². The van der Waals surface area contributed by atoms with E-state index in [2.05, 4.69) is 47.3 Å². The standard InChI is InChI=1S/C23H24N4O2S2.C21H18F2N4O2S2/c1-17-7-8-19(13-18(17)2)14-21-16-30-23(25-21)26-9-11-27(12-10-26)31(28,29)22-6-4-3-5-20(22)15-24;22-18-6-5-15(12-19(18)23)11-17-14-30-21(25-17)26-7-9-27(10-8-26)31(28,29)20-4-2-1-3-16(20)13-24/h3-8,13,16H,9-12,14H2,1-2H3;1-6,12,14H,7-11H2. The van der Waals surface area contributed by atoms with E-state index in [1.165, 1.54) is 67.0 Å². The first kappa shape index (κ1) is 44.5. The molecule has 2 saturated heterocycles. The van der Waals surface area contributed by atoms with Crippen molar-refractivity contribution in [2.45, 2.75) is 36.5 Å². The number of rotatable bonds is 10. The molecule has 4 heterocycles. The number of aromatic nitrogens is 2. The van der Waals surface area contributed by atoms with Gasteiger partial charge in [0.2, 0.25) is 20.0 Å². The Morgan fingerprint density at radius 2 is 1.02 bits per heavy atom. The molecule has 0 spiro atoms. The van der Waals surface area contributed by atoms with Gasteiger partial charge in [0.25, 0.3) is 0 Å². The Balaban J connectivity index is 0.000000186. The average Bonchev–Trinajstić information content (AvgIpc) is 3.96. The highest BCUT2D eigenvalue weighted by Crippen LogP contribution is 2.28. The number of thiazole rings is 2. The third kappa shape index (κ3) is 10.0. The van der Waals surface area contributed by atoms with E-state index in [1.54, 1.807) is 35.6 Å². The number of piperazine rings is 2. The Hall–Kier alpha value is -5.60. The van der Waals surface area contributed by atoms with Gasteiger partial charge >= 0.3 is 0 Å². The minimum atomic E-state index is -3.75. The van der Waals surface area contributed by atoms with Gasteiger partial charge in [-0.15, -0.1) is 22.7 Å². The van der Waals surface area contributed by atoms with Crippen LogP contribution in [0.4, 0.5) is 19.0 Å². The lowest BCUT2D eigenvalue weighted by atomic mass is 10.0. The topological polar surface area (TPSA) is 155 Å². The quantitative estimate of drug-likeness (QED) is 0.139. The largest absolute Gasteiger partial charge is 0.345 e. The Kier molecular flexibility index (Phi) is 13.8. The summed E-state index contributed by atoms with van der Waals surface area (Å²) in [7, 11) is -7.44. The maximum Gasteiger partial charge on any atom is 0.244 e. The molecule has 62 heavy (non-hydrogen) atoms. The fourth-order valence-electron chi connectivity index (χ4n) is 7.11. The third-order valence-electron chi connectivity index (χ3n) is 10.7. The predicted octanol–water partition coefficient (Wildman–Crippen LogP) is 7.13. The maximum absolute atomic E-state index is 13.4. The van der Waals surface area contributed by atoms with Gasteiger partial charge in [-0.05, 0) is 72.5 Å². The number of anilines is 2. The number of aryl methyl sites for hydroxylation is 2. The Morgan fingerprint density at radius 1 is 0.581 bits per heavy atom. The van der Waals surface area contributed by atoms with Gasteiger partial charge in [0.1, 0.15) is 12.1 Å². The average molecular weight is 913 g/mol. The van der Waals surface area contributed by atoms with Crippen LogP contribution >= 0.6 is 22.7 Å². The van der Waals surface area contributed by atoms with E-state index in [0.29, 0.717) is 51.3 Å². The van der Waals surface area contributed by atoms with E-state index >= 15 is 0 Å². The summed E-state index contributed by atoms with van der Waals surface area (Å²) in [6, 6.07) is 26.7. The molecule has 2 aliphatic rings. The van der Waals surface area contributed by atoms with Crippen molar-refractivity contribution < 1.29 is 25.6 Å². The third-order valence-corrected chi connectivity index (χ3v) is 16.5. The number of sulfonamides is 2. The number of nitriles is 2. The summed E-state index contributed by atoms with van der Waals surface area (Å²) in [5.41, 5.74) is 6.52. The van der Waals surface area contributed by atoms with Crippen LogP contribution in [-0.4, -0.2) is 87.8 Å². The summed E-state index contributed by atoms with van der Waals surface area (Å²) in [5.74, 6) is -1.77. The molecule has 2 aromatic heterocycles. The molecule has 18 heteroatoms. The molecule has 6 aromatic rings. The van der Waals surface area contributed by atoms with Crippen LogP contribution < -0.4 is 9.80 Å². The van der Waals surface area contributed by atoms with Crippen LogP contribution in [0.15, 0.2) is 105 Å². The molecule has 0 atom stereocenters. The van der Waals surface area contributed by atoms with Crippen LogP contribution in [0.2, 0.25) is 0 Å². The van der Waals surface area contributed by atoms with Gasteiger partial charge in [0, 0.05) is 76.0 Å². The van der Waals surface area contributed by atoms with E-state index < -0.39 is 31.7 Å². The van der Waals surface area contributed by atoms with Crippen molar-refractivity contribution in [3.05, 3.63) is 152 Å². The number of hydrogen-bond donors (Lipinski definition) is 0. The molecular weight excluding hydrogens is 871 g/mol. The van der Waals surface area contributed by atoms with Gasteiger partial charge in [0.15, 0.2) is 21.9 Å². The normalized spacial score (nSPS) is 15.1. The predicted molar refractivity (Wildman–Crippen MR) is 236 cm³/mol. The smallest absolute Gasteiger partial charge is 0.244 e. The first-order valence-electron chi connectivity index (χ1n) is 19.6. The van der Waals surface area contributed by atoms with E-state index in [4.69, 9.17) is 4.98 Å². The SMILES string of the molecule is Cc1ccc(Cc2csc(N3CCN(S(=O)(=O)c4ccccc4C#N)CC3)n2)cc1C.N#Cc1ccccc1S(=O)(=O)N1CCN(c2nc(Cc3ccc(F)c(F)c3)cs2)CC1.